The lowest BCUT2D eigenvalue weighted by molar-refractivity contribution is -0.121. The summed E-state index contributed by atoms with van der Waals surface area (Å²) in [5, 5.41) is 3.00. The van der Waals surface area contributed by atoms with Crippen LogP contribution in [0.3, 0.4) is 0 Å². The van der Waals surface area contributed by atoms with Crippen LogP contribution in [0.25, 0.3) is 0 Å². The standard InChI is InChI=1S/C15H22ClNO/c1-13(7-6-12-16)17-15(18)11-5-10-14-8-3-2-4-9-14/h2-4,8-9,13H,5-7,10-12H2,1H3,(H,17,18). The molecule has 1 amide bonds. The van der Waals surface area contributed by atoms with Crippen molar-refractivity contribution >= 4 is 17.5 Å². The van der Waals surface area contributed by atoms with E-state index >= 15 is 0 Å². The highest BCUT2D eigenvalue weighted by molar-refractivity contribution is 6.17. The van der Waals surface area contributed by atoms with Crippen molar-refractivity contribution in [2.45, 2.75) is 45.1 Å². The predicted octanol–water partition coefficient (Wildman–Crippen LogP) is 3.53. The maximum atomic E-state index is 11.7. The summed E-state index contributed by atoms with van der Waals surface area (Å²) in [6.45, 7) is 2.03. The number of carbonyl (C=O) groups excluding carboxylic acids is 1. The Morgan fingerprint density at radius 3 is 2.67 bits per heavy atom. The smallest absolute Gasteiger partial charge is 0.220 e. The average Bonchev–Trinajstić information content (AvgIpc) is 2.37. The largest absolute Gasteiger partial charge is 0.354 e. The molecule has 0 heterocycles. The molecule has 2 nitrogen and oxygen atoms in total. The van der Waals surface area contributed by atoms with Crippen LogP contribution in [0.15, 0.2) is 30.3 Å². The van der Waals surface area contributed by atoms with Crippen LogP contribution in [0, 0.1) is 0 Å². The van der Waals surface area contributed by atoms with E-state index in [0.29, 0.717) is 12.3 Å². The molecule has 1 atom stereocenters. The van der Waals surface area contributed by atoms with Gasteiger partial charge in [-0.2, -0.15) is 0 Å². The molecule has 0 saturated carbocycles. The number of carbonyl (C=O) groups is 1. The van der Waals surface area contributed by atoms with Gasteiger partial charge in [0.2, 0.25) is 5.91 Å². The van der Waals surface area contributed by atoms with Crippen LogP contribution in [0.4, 0.5) is 0 Å². The van der Waals surface area contributed by atoms with Gasteiger partial charge in [-0.05, 0) is 38.2 Å². The minimum absolute atomic E-state index is 0.146. The maximum absolute atomic E-state index is 11.7. The number of hydrogen-bond acceptors (Lipinski definition) is 1. The third kappa shape index (κ3) is 6.65. The SMILES string of the molecule is CC(CCCCl)NC(=O)CCCc1ccccc1. The number of rotatable bonds is 8. The summed E-state index contributed by atoms with van der Waals surface area (Å²) in [7, 11) is 0. The van der Waals surface area contributed by atoms with Crippen molar-refractivity contribution in [1.29, 1.82) is 0 Å². The van der Waals surface area contributed by atoms with Gasteiger partial charge in [-0.25, -0.2) is 0 Å². The van der Waals surface area contributed by atoms with E-state index in [9.17, 15) is 4.79 Å². The molecule has 1 rings (SSSR count). The zero-order valence-electron chi connectivity index (χ0n) is 11.0. The van der Waals surface area contributed by atoms with E-state index in [2.05, 4.69) is 17.4 Å². The maximum Gasteiger partial charge on any atom is 0.220 e. The van der Waals surface area contributed by atoms with Gasteiger partial charge in [-0.3, -0.25) is 4.79 Å². The molecule has 18 heavy (non-hydrogen) atoms. The van der Waals surface area contributed by atoms with Gasteiger partial charge in [0.1, 0.15) is 0 Å². The van der Waals surface area contributed by atoms with Crippen LogP contribution in [0.5, 0.6) is 0 Å². The van der Waals surface area contributed by atoms with Crippen molar-refractivity contribution in [3.05, 3.63) is 35.9 Å². The predicted molar refractivity (Wildman–Crippen MR) is 76.9 cm³/mol. The van der Waals surface area contributed by atoms with Gasteiger partial charge in [0, 0.05) is 18.3 Å². The van der Waals surface area contributed by atoms with Gasteiger partial charge in [0.05, 0.1) is 0 Å². The van der Waals surface area contributed by atoms with Crippen LogP contribution in [-0.4, -0.2) is 17.8 Å². The number of hydrogen-bond donors (Lipinski definition) is 1. The van der Waals surface area contributed by atoms with Crippen molar-refractivity contribution in [3.8, 4) is 0 Å². The Bertz CT molecular complexity index is 340. The fourth-order valence-electron chi connectivity index (χ4n) is 1.90. The summed E-state index contributed by atoms with van der Waals surface area (Å²) in [5.41, 5.74) is 1.29. The number of amides is 1. The van der Waals surface area contributed by atoms with Gasteiger partial charge in [-0.1, -0.05) is 30.3 Å². The van der Waals surface area contributed by atoms with Crippen LogP contribution in [-0.2, 0) is 11.2 Å². The summed E-state index contributed by atoms with van der Waals surface area (Å²) >= 11 is 5.62. The van der Waals surface area contributed by atoms with Gasteiger partial charge < -0.3 is 5.32 Å². The second kappa shape index (κ2) is 8.98. The Kier molecular flexibility index (Phi) is 7.51. The molecule has 0 aromatic heterocycles. The molecule has 3 heteroatoms. The Labute approximate surface area is 115 Å². The molecule has 0 bridgehead atoms. The van der Waals surface area contributed by atoms with E-state index < -0.39 is 0 Å². The molecule has 100 valence electrons. The molecule has 1 unspecified atom stereocenters. The molecular weight excluding hydrogens is 246 g/mol. The lowest BCUT2D eigenvalue weighted by Gasteiger charge is -2.12. The quantitative estimate of drug-likeness (QED) is 0.718. The number of nitrogens with one attached hydrogen (secondary N) is 1. The van der Waals surface area contributed by atoms with E-state index in [-0.39, 0.29) is 11.9 Å². The number of aryl methyl sites for hydroxylation is 1. The van der Waals surface area contributed by atoms with E-state index in [1.54, 1.807) is 0 Å². The molecule has 0 radical (unpaired) electrons. The Morgan fingerprint density at radius 1 is 1.28 bits per heavy atom. The van der Waals surface area contributed by atoms with Crippen LogP contribution >= 0.6 is 11.6 Å². The first-order valence-electron chi connectivity index (χ1n) is 6.61. The lowest BCUT2D eigenvalue weighted by Crippen LogP contribution is -2.32. The highest BCUT2D eigenvalue weighted by Crippen LogP contribution is 2.05. The highest BCUT2D eigenvalue weighted by Gasteiger charge is 2.06. The zero-order chi connectivity index (χ0) is 13.2. The van der Waals surface area contributed by atoms with Gasteiger partial charge in [-0.15, -0.1) is 11.6 Å². The fourth-order valence-corrected chi connectivity index (χ4v) is 2.05. The van der Waals surface area contributed by atoms with Crippen molar-refractivity contribution in [1.82, 2.24) is 5.32 Å². The van der Waals surface area contributed by atoms with Gasteiger partial charge >= 0.3 is 0 Å². The first-order valence-corrected chi connectivity index (χ1v) is 7.15. The van der Waals surface area contributed by atoms with Crippen LogP contribution in [0.1, 0.15) is 38.2 Å². The monoisotopic (exact) mass is 267 g/mol. The summed E-state index contributed by atoms with van der Waals surface area (Å²) < 4.78 is 0. The molecular formula is C15H22ClNO. The third-order valence-corrected chi connectivity index (χ3v) is 3.16. The molecule has 0 saturated heterocycles. The lowest BCUT2D eigenvalue weighted by atomic mass is 10.1. The molecule has 1 aromatic rings. The van der Waals surface area contributed by atoms with Crippen LogP contribution < -0.4 is 5.32 Å². The molecule has 0 aliphatic carbocycles. The average molecular weight is 268 g/mol. The third-order valence-electron chi connectivity index (χ3n) is 2.89. The van der Waals surface area contributed by atoms with E-state index in [0.717, 1.165) is 25.7 Å². The number of halogens is 1. The summed E-state index contributed by atoms with van der Waals surface area (Å²) in [6, 6.07) is 10.5. The van der Waals surface area contributed by atoms with Crippen molar-refractivity contribution in [2.24, 2.45) is 0 Å². The zero-order valence-corrected chi connectivity index (χ0v) is 11.7. The number of benzene rings is 1. The van der Waals surface area contributed by atoms with Crippen LogP contribution in [0.2, 0.25) is 0 Å². The first kappa shape index (κ1) is 15.0. The fraction of sp³-hybridized carbons (Fsp3) is 0.533. The van der Waals surface area contributed by atoms with E-state index in [1.165, 1.54) is 5.56 Å². The normalized spacial score (nSPS) is 12.1. The molecule has 0 spiro atoms. The highest BCUT2D eigenvalue weighted by atomic mass is 35.5. The van der Waals surface area contributed by atoms with E-state index in [1.807, 2.05) is 25.1 Å². The second-order valence-electron chi connectivity index (χ2n) is 4.64. The first-order chi connectivity index (χ1) is 8.72. The molecule has 0 aliphatic heterocycles. The Balaban J connectivity index is 2.13. The van der Waals surface area contributed by atoms with Crippen molar-refractivity contribution in [2.75, 3.05) is 5.88 Å². The van der Waals surface area contributed by atoms with Crippen molar-refractivity contribution < 1.29 is 4.79 Å². The van der Waals surface area contributed by atoms with Gasteiger partial charge in [0.25, 0.3) is 0 Å². The summed E-state index contributed by atoms with van der Waals surface area (Å²) in [6.07, 6.45) is 4.36. The second-order valence-corrected chi connectivity index (χ2v) is 5.02. The Morgan fingerprint density at radius 2 is 2.00 bits per heavy atom. The topological polar surface area (TPSA) is 29.1 Å². The van der Waals surface area contributed by atoms with Gasteiger partial charge in [0.15, 0.2) is 0 Å². The minimum atomic E-state index is 0.146. The number of alkyl halides is 1. The van der Waals surface area contributed by atoms with Crippen molar-refractivity contribution in [3.63, 3.8) is 0 Å². The molecule has 0 fully saturated rings. The summed E-state index contributed by atoms with van der Waals surface area (Å²) in [5.74, 6) is 0.807. The Hall–Kier alpha value is -1.02. The summed E-state index contributed by atoms with van der Waals surface area (Å²) in [4.78, 5) is 11.7. The minimum Gasteiger partial charge on any atom is -0.354 e. The molecule has 0 aliphatic rings. The van der Waals surface area contributed by atoms with E-state index in [4.69, 9.17) is 11.6 Å². The molecule has 1 N–H and O–H groups in total. The molecule has 1 aromatic carbocycles.